The van der Waals surface area contributed by atoms with Crippen LogP contribution in [0.1, 0.15) is 5.82 Å². The predicted molar refractivity (Wildman–Crippen MR) is 58.3 cm³/mol. The number of nitrogens with one attached hydrogen (secondary N) is 2. The lowest BCUT2D eigenvalue weighted by Crippen LogP contribution is -1.88. The Balaban J connectivity index is 2.30. The third-order valence-corrected chi connectivity index (χ3v) is 2.61. The Morgan fingerprint density at radius 1 is 1.24 bits per heavy atom. The average Bonchev–Trinajstić information content (AvgIpc) is 2.86. The van der Waals surface area contributed by atoms with Crippen molar-refractivity contribution in [2.45, 2.75) is 6.92 Å². The second-order valence-electron chi connectivity index (χ2n) is 3.75. The summed E-state index contributed by atoms with van der Waals surface area (Å²) in [5.74, 6) is -0.813. The smallest absolute Gasteiger partial charge is 0.239 e. The highest BCUT2D eigenvalue weighted by Gasteiger charge is 2.16. The Morgan fingerprint density at radius 3 is 2.76 bits per heavy atom. The lowest BCUT2D eigenvalue weighted by molar-refractivity contribution is 0.589. The summed E-state index contributed by atoms with van der Waals surface area (Å²) in [5, 5.41) is 6.72. The first-order valence-electron chi connectivity index (χ1n) is 5.01. The van der Waals surface area contributed by atoms with Crippen LogP contribution >= 0.6 is 0 Å². The van der Waals surface area contributed by atoms with Crippen molar-refractivity contribution in [1.29, 1.82) is 0 Å². The van der Waals surface area contributed by atoms with Gasteiger partial charge in [0.2, 0.25) is 5.95 Å². The molecule has 0 spiro atoms. The van der Waals surface area contributed by atoms with Gasteiger partial charge in [0, 0.05) is 5.56 Å². The van der Waals surface area contributed by atoms with E-state index in [1.807, 2.05) is 0 Å². The van der Waals surface area contributed by atoms with Crippen molar-refractivity contribution in [3.8, 4) is 11.3 Å². The van der Waals surface area contributed by atoms with Gasteiger partial charge in [0.25, 0.3) is 0 Å². The number of aromatic nitrogens is 4. The van der Waals surface area contributed by atoms with E-state index in [-0.39, 0.29) is 11.3 Å². The van der Waals surface area contributed by atoms with Gasteiger partial charge < -0.3 is 4.98 Å². The van der Waals surface area contributed by atoms with Gasteiger partial charge in [-0.05, 0) is 19.1 Å². The fourth-order valence-electron chi connectivity index (χ4n) is 1.82. The highest BCUT2D eigenvalue weighted by Crippen LogP contribution is 2.28. The van der Waals surface area contributed by atoms with Gasteiger partial charge in [-0.3, -0.25) is 5.10 Å². The summed E-state index contributed by atoms with van der Waals surface area (Å²) in [6, 6.07) is 3.14. The zero-order chi connectivity index (χ0) is 12.0. The number of benzene rings is 1. The summed E-state index contributed by atoms with van der Waals surface area (Å²) in [5.41, 5.74) is 0.781. The minimum atomic E-state index is -0.704. The Kier molecular flexibility index (Phi) is 1.98. The summed E-state index contributed by atoms with van der Waals surface area (Å²) >= 11 is 0. The van der Waals surface area contributed by atoms with E-state index in [0.29, 0.717) is 16.7 Å². The van der Waals surface area contributed by atoms with Crippen LogP contribution in [0.4, 0.5) is 8.78 Å². The molecule has 0 fully saturated rings. The quantitative estimate of drug-likeness (QED) is 0.679. The summed E-state index contributed by atoms with van der Waals surface area (Å²) in [6.07, 6.45) is 1.37. The third-order valence-electron chi connectivity index (χ3n) is 2.61. The van der Waals surface area contributed by atoms with Crippen LogP contribution in [0.2, 0.25) is 0 Å². The standard InChI is InChI=1S/C11H8F2N4/c1-5-15-10(11(13)16-5)6-2-3-8-7(9(6)12)4-14-17-8/h2-4H,1H3,(H,14,17)(H,15,16). The van der Waals surface area contributed by atoms with Crippen molar-refractivity contribution in [3.63, 3.8) is 0 Å². The normalized spacial score (nSPS) is 11.2. The molecule has 3 aromatic rings. The van der Waals surface area contributed by atoms with E-state index in [4.69, 9.17) is 0 Å². The number of imidazole rings is 1. The van der Waals surface area contributed by atoms with Crippen LogP contribution in [-0.2, 0) is 0 Å². The van der Waals surface area contributed by atoms with Gasteiger partial charge in [0.1, 0.15) is 17.3 Å². The van der Waals surface area contributed by atoms with E-state index in [0.717, 1.165) is 0 Å². The number of rotatable bonds is 1. The summed E-state index contributed by atoms with van der Waals surface area (Å²) in [4.78, 5) is 6.29. The first kappa shape index (κ1) is 9.95. The van der Waals surface area contributed by atoms with E-state index in [1.165, 1.54) is 12.3 Å². The predicted octanol–water partition coefficient (Wildman–Crippen LogP) is 2.54. The number of hydrogen-bond donors (Lipinski definition) is 2. The average molecular weight is 234 g/mol. The number of H-pyrrole nitrogens is 2. The molecule has 0 aliphatic carbocycles. The van der Waals surface area contributed by atoms with Crippen LogP contribution in [0.3, 0.4) is 0 Å². The second-order valence-corrected chi connectivity index (χ2v) is 3.75. The SMILES string of the molecule is Cc1nc(F)c(-c2ccc3[nH]ncc3c2F)[nH]1. The van der Waals surface area contributed by atoms with Crippen molar-refractivity contribution in [2.24, 2.45) is 0 Å². The second kappa shape index (κ2) is 3.38. The number of aryl methyl sites for hydroxylation is 1. The molecular weight excluding hydrogens is 226 g/mol. The maximum Gasteiger partial charge on any atom is 0.239 e. The summed E-state index contributed by atoms with van der Waals surface area (Å²) < 4.78 is 27.6. The molecule has 0 aliphatic rings. The number of hydrogen-bond acceptors (Lipinski definition) is 2. The van der Waals surface area contributed by atoms with E-state index in [2.05, 4.69) is 20.2 Å². The number of aromatic amines is 2. The molecule has 4 nitrogen and oxygen atoms in total. The molecule has 0 atom stereocenters. The molecule has 0 unspecified atom stereocenters. The Bertz CT molecular complexity index is 699. The lowest BCUT2D eigenvalue weighted by Gasteiger charge is -2.01. The molecule has 2 N–H and O–H groups in total. The van der Waals surface area contributed by atoms with Crippen LogP contribution in [0.15, 0.2) is 18.3 Å². The topological polar surface area (TPSA) is 57.4 Å². The van der Waals surface area contributed by atoms with E-state index < -0.39 is 11.8 Å². The number of fused-ring (bicyclic) bond motifs is 1. The van der Waals surface area contributed by atoms with Crippen molar-refractivity contribution in [1.82, 2.24) is 20.2 Å². The van der Waals surface area contributed by atoms with Crippen LogP contribution in [0.5, 0.6) is 0 Å². The molecule has 1 aromatic carbocycles. The van der Waals surface area contributed by atoms with E-state index in [1.54, 1.807) is 13.0 Å². The molecule has 17 heavy (non-hydrogen) atoms. The van der Waals surface area contributed by atoms with E-state index in [9.17, 15) is 8.78 Å². The summed E-state index contributed by atoms with van der Waals surface area (Å²) in [6.45, 7) is 1.61. The van der Waals surface area contributed by atoms with Gasteiger partial charge in [-0.1, -0.05) is 0 Å². The van der Waals surface area contributed by atoms with Gasteiger partial charge in [-0.2, -0.15) is 9.49 Å². The van der Waals surface area contributed by atoms with Crippen molar-refractivity contribution in [2.75, 3.05) is 0 Å². The lowest BCUT2D eigenvalue weighted by atomic mass is 10.1. The maximum absolute atomic E-state index is 14.1. The van der Waals surface area contributed by atoms with E-state index >= 15 is 0 Å². The highest BCUT2D eigenvalue weighted by atomic mass is 19.1. The van der Waals surface area contributed by atoms with Crippen LogP contribution in [0, 0.1) is 18.7 Å². The number of halogens is 2. The molecule has 0 saturated heterocycles. The van der Waals surface area contributed by atoms with Crippen molar-refractivity contribution in [3.05, 3.63) is 35.9 Å². The Labute approximate surface area is 94.7 Å². The molecule has 0 bridgehead atoms. The minimum absolute atomic E-state index is 0.0584. The maximum atomic E-state index is 14.1. The molecule has 6 heteroatoms. The van der Waals surface area contributed by atoms with Crippen LogP contribution in [0.25, 0.3) is 22.2 Å². The molecule has 0 aliphatic heterocycles. The largest absolute Gasteiger partial charge is 0.340 e. The first-order chi connectivity index (χ1) is 8.16. The zero-order valence-corrected chi connectivity index (χ0v) is 8.88. The van der Waals surface area contributed by atoms with Gasteiger partial charge in [-0.15, -0.1) is 0 Å². The first-order valence-corrected chi connectivity index (χ1v) is 5.01. The molecule has 0 amide bonds. The molecular formula is C11H8F2N4. The summed E-state index contributed by atoms with van der Waals surface area (Å²) in [7, 11) is 0. The van der Waals surface area contributed by atoms with Crippen LogP contribution < -0.4 is 0 Å². The van der Waals surface area contributed by atoms with Crippen molar-refractivity contribution >= 4 is 10.9 Å². The fraction of sp³-hybridized carbons (Fsp3) is 0.0909. The molecule has 3 rings (SSSR count). The molecule has 2 heterocycles. The fourth-order valence-corrected chi connectivity index (χ4v) is 1.82. The Morgan fingerprint density at radius 2 is 2.06 bits per heavy atom. The van der Waals surface area contributed by atoms with Gasteiger partial charge in [0.15, 0.2) is 0 Å². The monoisotopic (exact) mass is 234 g/mol. The van der Waals surface area contributed by atoms with Crippen LogP contribution in [-0.4, -0.2) is 20.2 Å². The van der Waals surface area contributed by atoms with Crippen molar-refractivity contribution < 1.29 is 8.78 Å². The van der Waals surface area contributed by atoms with Gasteiger partial charge in [0.05, 0.1) is 17.1 Å². The molecule has 0 saturated carbocycles. The zero-order valence-electron chi connectivity index (χ0n) is 8.88. The molecule has 86 valence electrons. The van der Waals surface area contributed by atoms with Gasteiger partial charge >= 0.3 is 0 Å². The highest BCUT2D eigenvalue weighted by molar-refractivity contribution is 5.84. The molecule has 2 aromatic heterocycles. The molecule has 0 radical (unpaired) electrons. The Hall–Kier alpha value is -2.24. The third kappa shape index (κ3) is 1.41. The van der Waals surface area contributed by atoms with Gasteiger partial charge in [-0.25, -0.2) is 9.37 Å². The minimum Gasteiger partial charge on any atom is -0.340 e. The number of nitrogens with zero attached hydrogens (tertiary/aromatic N) is 2.